The van der Waals surface area contributed by atoms with Gasteiger partial charge in [0.2, 0.25) is 5.91 Å². The summed E-state index contributed by atoms with van der Waals surface area (Å²) in [5.41, 5.74) is 2.39. The van der Waals surface area contributed by atoms with Crippen LogP contribution >= 0.6 is 0 Å². The third kappa shape index (κ3) is 3.51. The predicted molar refractivity (Wildman–Crippen MR) is 94.8 cm³/mol. The van der Waals surface area contributed by atoms with E-state index in [1.807, 2.05) is 11.8 Å². The summed E-state index contributed by atoms with van der Waals surface area (Å²) in [6, 6.07) is 9.16. The summed E-state index contributed by atoms with van der Waals surface area (Å²) in [7, 11) is 0. The summed E-state index contributed by atoms with van der Waals surface area (Å²) in [5.74, 6) is 1.86. The van der Waals surface area contributed by atoms with E-state index in [2.05, 4.69) is 24.3 Å². The summed E-state index contributed by atoms with van der Waals surface area (Å²) in [6.45, 7) is 3.62. The van der Waals surface area contributed by atoms with Gasteiger partial charge in [-0.3, -0.25) is 4.79 Å². The fourth-order valence-corrected chi connectivity index (χ4v) is 4.52. The van der Waals surface area contributed by atoms with Gasteiger partial charge in [-0.1, -0.05) is 24.3 Å². The standard InChI is InChI=1S/C21H29NO2/c1-21(24)13-19(14-21)20(23)22-9-7-15(8-10-22)11-16-3-2-4-18(12-16)17-5-6-17/h2-4,12,15,17,19,24H,5-11,13-14H2,1H3/t19-,21+. The predicted octanol–water partition coefficient (Wildman–Crippen LogP) is 3.51. The average Bonchev–Trinajstić information content (AvgIpc) is 3.38. The highest BCUT2D eigenvalue weighted by molar-refractivity contribution is 5.80. The van der Waals surface area contributed by atoms with Gasteiger partial charge in [-0.2, -0.15) is 0 Å². The number of rotatable bonds is 4. The molecular formula is C21H29NO2. The van der Waals surface area contributed by atoms with Crippen LogP contribution < -0.4 is 0 Å². The molecule has 2 saturated carbocycles. The second kappa shape index (κ2) is 6.18. The van der Waals surface area contributed by atoms with Crippen LogP contribution in [-0.2, 0) is 11.2 Å². The molecule has 1 amide bonds. The van der Waals surface area contributed by atoms with Crippen molar-refractivity contribution in [3.8, 4) is 0 Å². The van der Waals surface area contributed by atoms with Crippen molar-refractivity contribution in [2.24, 2.45) is 11.8 Å². The zero-order valence-corrected chi connectivity index (χ0v) is 14.7. The summed E-state index contributed by atoms with van der Waals surface area (Å²) >= 11 is 0. The Morgan fingerprint density at radius 3 is 2.54 bits per heavy atom. The van der Waals surface area contributed by atoms with Gasteiger partial charge in [-0.15, -0.1) is 0 Å². The maximum absolute atomic E-state index is 12.5. The number of hydrogen-bond donors (Lipinski definition) is 1. The fourth-order valence-electron chi connectivity index (χ4n) is 4.52. The van der Waals surface area contributed by atoms with Crippen molar-refractivity contribution in [1.82, 2.24) is 4.90 Å². The molecule has 0 radical (unpaired) electrons. The Balaban J connectivity index is 1.27. The second-order valence-corrected chi connectivity index (χ2v) is 8.59. The molecule has 0 spiro atoms. The van der Waals surface area contributed by atoms with Crippen LogP contribution in [0.4, 0.5) is 0 Å². The highest BCUT2D eigenvalue weighted by Crippen LogP contribution is 2.41. The van der Waals surface area contributed by atoms with Crippen molar-refractivity contribution in [2.45, 2.75) is 63.4 Å². The third-order valence-electron chi connectivity index (χ3n) is 6.17. The minimum absolute atomic E-state index is 0.0618. The molecule has 2 aliphatic carbocycles. The Morgan fingerprint density at radius 2 is 1.92 bits per heavy atom. The Labute approximate surface area is 145 Å². The molecule has 1 heterocycles. The van der Waals surface area contributed by atoms with Crippen molar-refractivity contribution in [1.29, 1.82) is 0 Å². The van der Waals surface area contributed by atoms with E-state index in [0.717, 1.165) is 38.3 Å². The van der Waals surface area contributed by atoms with E-state index in [1.165, 1.54) is 24.0 Å². The van der Waals surface area contributed by atoms with Gasteiger partial charge in [-0.25, -0.2) is 0 Å². The number of hydrogen-bond acceptors (Lipinski definition) is 2. The van der Waals surface area contributed by atoms with Gasteiger partial charge in [0.25, 0.3) is 0 Å². The normalized spacial score (nSPS) is 30.9. The molecule has 1 aromatic carbocycles. The lowest BCUT2D eigenvalue weighted by Crippen LogP contribution is -2.51. The van der Waals surface area contributed by atoms with Crippen LogP contribution in [0.15, 0.2) is 24.3 Å². The van der Waals surface area contributed by atoms with Crippen molar-refractivity contribution in [2.75, 3.05) is 13.1 Å². The van der Waals surface area contributed by atoms with E-state index in [1.54, 1.807) is 0 Å². The lowest BCUT2D eigenvalue weighted by atomic mass is 9.71. The fraction of sp³-hybridized carbons (Fsp3) is 0.667. The highest BCUT2D eigenvalue weighted by Gasteiger charge is 2.44. The molecule has 1 saturated heterocycles. The van der Waals surface area contributed by atoms with Crippen LogP contribution in [0.5, 0.6) is 0 Å². The van der Waals surface area contributed by atoms with Crippen molar-refractivity contribution in [3.05, 3.63) is 35.4 Å². The number of amides is 1. The molecule has 3 nitrogen and oxygen atoms in total. The zero-order valence-electron chi connectivity index (χ0n) is 14.7. The molecule has 3 aliphatic rings. The van der Waals surface area contributed by atoms with Crippen LogP contribution in [-0.4, -0.2) is 34.6 Å². The summed E-state index contributed by atoms with van der Waals surface area (Å²) in [6.07, 6.45) is 7.38. The Bertz CT molecular complexity index is 604. The number of benzene rings is 1. The Hall–Kier alpha value is -1.35. The molecule has 3 fully saturated rings. The quantitative estimate of drug-likeness (QED) is 0.919. The lowest BCUT2D eigenvalue weighted by molar-refractivity contribution is -0.151. The van der Waals surface area contributed by atoms with E-state index in [-0.39, 0.29) is 11.8 Å². The molecular weight excluding hydrogens is 298 g/mol. The highest BCUT2D eigenvalue weighted by atomic mass is 16.3. The number of carbonyl (C=O) groups is 1. The van der Waals surface area contributed by atoms with Crippen molar-refractivity contribution < 1.29 is 9.90 Å². The summed E-state index contributed by atoms with van der Waals surface area (Å²) in [5, 5.41) is 9.83. The van der Waals surface area contributed by atoms with Gasteiger partial charge in [0.05, 0.1) is 5.60 Å². The van der Waals surface area contributed by atoms with E-state index in [4.69, 9.17) is 0 Å². The second-order valence-electron chi connectivity index (χ2n) is 8.59. The van der Waals surface area contributed by atoms with E-state index >= 15 is 0 Å². The van der Waals surface area contributed by atoms with Gasteiger partial charge < -0.3 is 10.0 Å². The van der Waals surface area contributed by atoms with Gasteiger partial charge in [0.1, 0.15) is 0 Å². The Morgan fingerprint density at radius 1 is 1.21 bits per heavy atom. The van der Waals surface area contributed by atoms with Crippen LogP contribution in [0.2, 0.25) is 0 Å². The maximum Gasteiger partial charge on any atom is 0.225 e. The first-order valence-corrected chi connectivity index (χ1v) is 9.60. The van der Waals surface area contributed by atoms with E-state index in [0.29, 0.717) is 18.8 Å². The van der Waals surface area contributed by atoms with Crippen molar-refractivity contribution in [3.63, 3.8) is 0 Å². The van der Waals surface area contributed by atoms with Crippen LogP contribution in [0, 0.1) is 11.8 Å². The van der Waals surface area contributed by atoms with Crippen LogP contribution in [0.1, 0.15) is 62.5 Å². The molecule has 24 heavy (non-hydrogen) atoms. The number of piperidine rings is 1. The molecule has 0 unspecified atom stereocenters. The molecule has 1 aliphatic heterocycles. The maximum atomic E-state index is 12.5. The molecule has 0 aromatic heterocycles. The first-order chi connectivity index (χ1) is 11.5. The average molecular weight is 327 g/mol. The van der Waals surface area contributed by atoms with Crippen LogP contribution in [0.3, 0.4) is 0 Å². The van der Waals surface area contributed by atoms with E-state index < -0.39 is 5.60 Å². The first kappa shape index (κ1) is 16.1. The molecule has 1 aromatic rings. The lowest BCUT2D eigenvalue weighted by Gasteiger charge is -2.43. The summed E-state index contributed by atoms with van der Waals surface area (Å²) < 4.78 is 0. The topological polar surface area (TPSA) is 40.5 Å². The smallest absolute Gasteiger partial charge is 0.225 e. The largest absolute Gasteiger partial charge is 0.390 e. The van der Waals surface area contributed by atoms with Gasteiger partial charge >= 0.3 is 0 Å². The number of aliphatic hydroxyl groups is 1. The molecule has 130 valence electrons. The minimum Gasteiger partial charge on any atom is -0.390 e. The minimum atomic E-state index is -0.606. The number of likely N-dealkylation sites (tertiary alicyclic amines) is 1. The van der Waals surface area contributed by atoms with Crippen molar-refractivity contribution >= 4 is 5.91 Å². The number of nitrogens with zero attached hydrogens (tertiary/aromatic N) is 1. The SMILES string of the molecule is C[C@]1(O)C[C@@H](C(=O)N2CCC(Cc3cccc(C4CC4)c3)CC2)C1. The van der Waals surface area contributed by atoms with Gasteiger partial charge in [-0.05, 0) is 74.8 Å². The van der Waals surface area contributed by atoms with Gasteiger partial charge in [0, 0.05) is 19.0 Å². The first-order valence-electron chi connectivity index (χ1n) is 9.60. The van der Waals surface area contributed by atoms with E-state index in [9.17, 15) is 9.90 Å². The third-order valence-corrected chi connectivity index (χ3v) is 6.17. The molecule has 4 rings (SSSR count). The van der Waals surface area contributed by atoms with Crippen LogP contribution in [0.25, 0.3) is 0 Å². The zero-order chi connectivity index (χ0) is 16.7. The molecule has 0 atom stereocenters. The summed E-state index contributed by atoms with van der Waals surface area (Å²) in [4.78, 5) is 14.5. The van der Waals surface area contributed by atoms with Gasteiger partial charge in [0.15, 0.2) is 0 Å². The Kier molecular flexibility index (Phi) is 4.16. The monoisotopic (exact) mass is 327 g/mol. The molecule has 3 heteroatoms. The number of carbonyl (C=O) groups excluding carboxylic acids is 1. The molecule has 1 N–H and O–H groups in total. The molecule has 0 bridgehead atoms.